The first-order chi connectivity index (χ1) is 10.1. The van der Waals surface area contributed by atoms with Crippen LogP contribution in [0, 0.1) is 0 Å². The molecule has 0 radical (unpaired) electrons. The van der Waals surface area contributed by atoms with Gasteiger partial charge in [-0.1, -0.05) is 19.1 Å². The van der Waals surface area contributed by atoms with E-state index >= 15 is 0 Å². The average molecular weight is 351 g/mol. The van der Waals surface area contributed by atoms with Crippen LogP contribution in [0.5, 0.6) is 5.88 Å². The molecule has 0 aliphatic heterocycles. The van der Waals surface area contributed by atoms with E-state index in [4.69, 9.17) is 10.5 Å². The van der Waals surface area contributed by atoms with Gasteiger partial charge in [-0.05, 0) is 40.0 Å². The van der Waals surface area contributed by atoms with Crippen LogP contribution in [0.4, 0.5) is 11.6 Å². The number of nitrogen functional groups attached to an aromatic ring is 1. The van der Waals surface area contributed by atoms with Crippen molar-refractivity contribution in [2.45, 2.75) is 19.9 Å². The van der Waals surface area contributed by atoms with E-state index in [2.05, 4.69) is 43.8 Å². The van der Waals surface area contributed by atoms with Crippen molar-refractivity contribution >= 4 is 27.6 Å². The Kier molecular flexibility index (Phi) is 5.38. The van der Waals surface area contributed by atoms with Crippen molar-refractivity contribution in [1.29, 1.82) is 0 Å². The Morgan fingerprint density at radius 2 is 2.19 bits per heavy atom. The maximum Gasteiger partial charge on any atom is 0.232 e. The highest BCUT2D eigenvalue weighted by molar-refractivity contribution is 9.10. The maximum absolute atomic E-state index is 5.84. The Hall–Kier alpha value is -1.82. The van der Waals surface area contributed by atoms with Gasteiger partial charge in [0.25, 0.3) is 0 Å². The lowest BCUT2D eigenvalue weighted by molar-refractivity contribution is 0.393. The molecule has 2 N–H and O–H groups in total. The monoisotopic (exact) mass is 350 g/mol. The minimum absolute atomic E-state index is 0.536. The van der Waals surface area contributed by atoms with Crippen LogP contribution >= 0.6 is 15.9 Å². The molecular formula is C15H19BrN4O. The van der Waals surface area contributed by atoms with Gasteiger partial charge in [0.2, 0.25) is 11.8 Å². The van der Waals surface area contributed by atoms with Gasteiger partial charge < -0.3 is 15.4 Å². The Labute approximate surface area is 133 Å². The summed E-state index contributed by atoms with van der Waals surface area (Å²) >= 11 is 3.37. The lowest BCUT2D eigenvalue weighted by Gasteiger charge is -2.22. The van der Waals surface area contributed by atoms with Gasteiger partial charge in [0.05, 0.1) is 17.8 Å². The van der Waals surface area contributed by atoms with Crippen LogP contribution in [0.25, 0.3) is 0 Å². The van der Waals surface area contributed by atoms with Crippen molar-refractivity contribution in [3.8, 4) is 5.88 Å². The molecule has 0 atom stereocenters. The largest absolute Gasteiger partial charge is 0.480 e. The van der Waals surface area contributed by atoms with E-state index in [1.165, 1.54) is 0 Å². The summed E-state index contributed by atoms with van der Waals surface area (Å²) in [6.45, 7) is 3.70. The molecule has 0 bridgehead atoms. The van der Waals surface area contributed by atoms with Gasteiger partial charge in [0.15, 0.2) is 0 Å². The second-order valence-electron chi connectivity index (χ2n) is 4.69. The van der Waals surface area contributed by atoms with E-state index in [-0.39, 0.29) is 0 Å². The molecular weight excluding hydrogens is 332 g/mol. The van der Waals surface area contributed by atoms with Gasteiger partial charge in [-0.3, -0.25) is 0 Å². The third-order valence-corrected chi connectivity index (χ3v) is 3.54. The highest BCUT2D eigenvalue weighted by Crippen LogP contribution is 2.24. The van der Waals surface area contributed by atoms with Crippen molar-refractivity contribution in [3.63, 3.8) is 0 Å². The van der Waals surface area contributed by atoms with Crippen LogP contribution in [0.2, 0.25) is 0 Å². The number of hydrogen-bond acceptors (Lipinski definition) is 5. The van der Waals surface area contributed by atoms with Crippen molar-refractivity contribution in [1.82, 2.24) is 9.97 Å². The van der Waals surface area contributed by atoms with Gasteiger partial charge in [-0.25, -0.2) is 4.98 Å². The molecule has 1 aromatic heterocycles. The van der Waals surface area contributed by atoms with E-state index in [1.54, 1.807) is 13.3 Å². The molecule has 0 fully saturated rings. The van der Waals surface area contributed by atoms with Gasteiger partial charge in [0.1, 0.15) is 0 Å². The standard InChI is InChI=1S/C15H19BrN4O/c1-3-7-20(10-11-5-4-6-12(17)8-11)15-18-9-13(16)14(19-15)21-2/h4-6,8-9H,3,7,10,17H2,1-2H3. The number of methoxy groups -OCH3 is 1. The fourth-order valence-electron chi connectivity index (χ4n) is 2.07. The highest BCUT2D eigenvalue weighted by Gasteiger charge is 2.13. The smallest absolute Gasteiger partial charge is 0.232 e. The Morgan fingerprint density at radius 1 is 1.38 bits per heavy atom. The molecule has 0 spiro atoms. The molecule has 5 nitrogen and oxygen atoms in total. The molecule has 6 heteroatoms. The normalized spacial score (nSPS) is 10.4. The number of anilines is 2. The molecule has 21 heavy (non-hydrogen) atoms. The molecule has 0 aliphatic carbocycles. The topological polar surface area (TPSA) is 64.3 Å². The number of rotatable bonds is 6. The lowest BCUT2D eigenvalue weighted by atomic mass is 10.2. The Morgan fingerprint density at radius 3 is 2.86 bits per heavy atom. The molecule has 112 valence electrons. The van der Waals surface area contributed by atoms with Crippen molar-refractivity contribution < 1.29 is 4.74 Å². The zero-order valence-electron chi connectivity index (χ0n) is 12.2. The quantitative estimate of drug-likeness (QED) is 0.810. The molecule has 0 amide bonds. The van der Waals surface area contributed by atoms with E-state index in [1.807, 2.05) is 18.2 Å². The Bertz CT molecular complexity index is 606. The molecule has 1 aromatic carbocycles. The van der Waals surface area contributed by atoms with Gasteiger partial charge in [-0.15, -0.1) is 0 Å². The van der Waals surface area contributed by atoms with Crippen LogP contribution in [0.3, 0.4) is 0 Å². The Balaban J connectivity index is 2.26. The summed E-state index contributed by atoms with van der Waals surface area (Å²) < 4.78 is 5.98. The number of ether oxygens (including phenoxy) is 1. The van der Waals surface area contributed by atoms with E-state index in [0.29, 0.717) is 18.4 Å². The van der Waals surface area contributed by atoms with Crippen molar-refractivity contribution in [2.75, 3.05) is 24.3 Å². The minimum Gasteiger partial charge on any atom is -0.480 e. The van der Waals surface area contributed by atoms with Crippen molar-refractivity contribution in [3.05, 3.63) is 40.5 Å². The van der Waals surface area contributed by atoms with Crippen LogP contribution < -0.4 is 15.4 Å². The molecule has 2 aromatic rings. The summed E-state index contributed by atoms with van der Waals surface area (Å²) in [6.07, 6.45) is 2.72. The summed E-state index contributed by atoms with van der Waals surface area (Å²) in [5.74, 6) is 1.19. The summed E-state index contributed by atoms with van der Waals surface area (Å²) in [7, 11) is 1.60. The highest BCUT2D eigenvalue weighted by atomic mass is 79.9. The second-order valence-corrected chi connectivity index (χ2v) is 5.55. The predicted molar refractivity (Wildman–Crippen MR) is 88.5 cm³/mol. The zero-order chi connectivity index (χ0) is 15.2. The summed E-state index contributed by atoms with van der Waals surface area (Å²) in [5, 5.41) is 0. The summed E-state index contributed by atoms with van der Waals surface area (Å²) in [5.41, 5.74) is 7.73. The zero-order valence-corrected chi connectivity index (χ0v) is 13.8. The molecule has 1 heterocycles. The predicted octanol–water partition coefficient (Wildman–Crippen LogP) is 3.25. The number of halogens is 1. The molecule has 0 saturated carbocycles. The maximum atomic E-state index is 5.84. The first-order valence-electron chi connectivity index (χ1n) is 6.80. The first kappa shape index (κ1) is 15.6. The molecule has 0 unspecified atom stereocenters. The van der Waals surface area contributed by atoms with Gasteiger partial charge in [0, 0.05) is 18.8 Å². The molecule has 0 saturated heterocycles. The number of aromatic nitrogens is 2. The number of hydrogen-bond donors (Lipinski definition) is 1. The molecule has 2 rings (SSSR count). The first-order valence-corrected chi connectivity index (χ1v) is 7.59. The van der Waals surface area contributed by atoms with Crippen LogP contribution in [-0.2, 0) is 6.54 Å². The van der Waals surface area contributed by atoms with Gasteiger partial charge >= 0.3 is 0 Å². The third kappa shape index (κ3) is 4.07. The minimum atomic E-state index is 0.536. The molecule has 0 aliphatic rings. The lowest BCUT2D eigenvalue weighted by Crippen LogP contribution is -2.25. The van der Waals surface area contributed by atoms with Crippen LogP contribution in [0.1, 0.15) is 18.9 Å². The number of nitrogens with zero attached hydrogens (tertiary/aromatic N) is 3. The SMILES string of the molecule is CCCN(Cc1cccc(N)c1)c1ncc(Br)c(OC)n1. The van der Waals surface area contributed by atoms with Crippen LogP contribution in [-0.4, -0.2) is 23.6 Å². The average Bonchev–Trinajstić information content (AvgIpc) is 2.47. The fraction of sp³-hybridized carbons (Fsp3) is 0.333. The van der Waals surface area contributed by atoms with Crippen LogP contribution in [0.15, 0.2) is 34.9 Å². The summed E-state index contributed by atoms with van der Waals surface area (Å²) in [4.78, 5) is 10.9. The van der Waals surface area contributed by atoms with Crippen molar-refractivity contribution in [2.24, 2.45) is 0 Å². The number of benzene rings is 1. The van der Waals surface area contributed by atoms with E-state index < -0.39 is 0 Å². The third-order valence-electron chi connectivity index (χ3n) is 2.99. The fourth-order valence-corrected chi connectivity index (χ4v) is 2.42. The number of nitrogens with two attached hydrogens (primary N) is 1. The van der Waals surface area contributed by atoms with E-state index in [0.717, 1.165) is 28.7 Å². The van der Waals surface area contributed by atoms with E-state index in [9.17, 15) is 0 Å². The second kappa shape index (κ2) is 7.26. The van der Waals surface area contributed by atoms with Gasteiger partial charge in [-0.2, -0.15) is 4.98 Å². The summed E-state index contributed by atoms with van der Waals surface area (Å²) in [6, 6.07) is 7.86.